The summed E-state index contributed by atoms with van der Waals surface area (Å²) in [5.74, 6) is 0. The van der Waals surface area contributed by atoms with Crippen molar-refractivity contribution in [2.75, 3.05) is 0 Å². The fourth-order valence-electron chi connectivity index (χ4n) is 0.300. The minimum absolute atomic E-state index is 0.217. The summed E-state index contributed by atoms with van der Waals surface area (Å²) in [7, 11) is 0. The van der Waals surface area contributed by atoms with Crippen LogP contribution in [0.1, 0.15) is 20.3 Å². The van der Waals surface area contributed by atoms with Crippen molar-refractivity contribution >= 4 is 0 Å². The van der Waals surface area contributed by atoms with Gasteiger partial charge in [-0.15, -0.1) is 0 Å². The van der Waals surface area contributed by atoms with E-state index in [1.165, 1.54) is 12.3 Å². The average Bonchev–Trinajstić information content (AvgIpc) is 1.89. The molecule has 0 fully saturated rings. The predicted octanol–water partition coefficient (Wildman–Crippen LogP) is 1.84. The lowest BCUT2D eigenvalue weighted by Crippen LogP contribution is -1.99. The van der Waals surface area contributed by atoms with Crippen molar-refractivity contribution in [2.45, 2.75) is 26.4 Å². The van der Waals surface area contributed by atoms with E-state index in [2.05, 4.69) is 0 Å². The van der Waals surface area contributed by atoms with E-state index in [1.54, 1.807) is 0 Å². The maximum absolute atomic E-state index is 8.04. The molecule has 0 heterocycles. The van der Waals surface area contributed by atoms with Crippen LogP contribution in [0.5, 0.6) is 0 Å². The Hall–Kier alpha value is -0.970. The van der Waals surface area contributed by atoms with Crippen molar-refractivity contribution in [3.05, 3.63) is 12.3 Å². The highest BCUT2D eigenvalue weighted by atomic mass is 16.5. The van der Waals surface area contributed by atoms with Gasteiger partial charge in [-0.25, -0.2) is 0 Å². The molecule has 0 radical (unpaired) electrons. The molecule has 0 aliphatic rings. The lowest BCUT2D eigenvalue weighted by molar-refractivity contribution is 0.158. The first-order valence-electron chi connectivity index (χ1n) is 3.01. The third-order valence-electron chi connectivity index (χ3n) is 1.03. The number of allylic oxidation sites excluding steroid dienone is 1. The second-order valence-corrected chi connectivity index (χ2v) is 1.79. The van der Waals surface area contributed by atoms with Crippen molar-refractivity contribution in [1.82, 2.24) is 0 Å². The Kier molecular flexibility index (Phi) is 4.61. The van der Waals surface area contributed by atoms with Crippen LogP contribution in [-0.4, -0.2) is 6.10 Å². The summed E-state index contributed by atoms with van der Waals surface area (Å²) in [6, 6.07) is 1.84. The van der Waals surface area contributed by atoms with E-state index in [1.807, 2.05) is 19.9 Å². The Labute approximate surface area is 55.7 Å². The lowest BCUT2D eigenvalue weighted by Gasteiger charge is -2.05. The summed E-state index contributed by atoms with van der Waals surface area (Å²) < 4.78 is 5.03. The molecule has 0 bridgehead atoms. The molecule has 9 heavy (non-hydrogen) atoms. The van der Waals surface area contributed by atoms with Crippen molar-refractivity contribution in [2.24, 2.45) is 0 Å². The van der Waals surface area contributed by atoms with Gasteiger partial charge in [-0.2, -0.15) is 5.26 Å². The monoisotopic (exact) mass is 125 g/mol. The molecular formula is C7H11NO. The van der Waals surface area contributed by atoms with Crippen LogP contribution in [0.2, 0.25) is 0 Å². The van der Waals surface area contributed by atoms with E-state index < -0.39 is 0 Å². The fourth-order valence-corrected chi connectivity index (χ4v) is 0.300. The molecule has 1 unspecified atom stereocenters. The third-order valence-corrected chi connectivity index (χ3v) is 1.03. The maximum atomic E-state index is 8.04. The van der Waals surface area contributed by atoms with Crippen LogP contribution in [0.15, 0.2) is 12.3 Å². The zero-order chi connectivity index (χ0) is 7.11. The quantitative estimate of drug-likeness (QED) is 0.426. The lowest BCUT2D eigenvalue weighted by atomic mass is 10.3. The van der Waals surface area contributed by atoms with Crippen LogP contribution in [0, 0.1) is 11.3 Å². The van der Waals surface area contributed by atoms with E-state index in [0.29, 0.717) is 0 Å². The number of hydrogen-bond donors (Lipinski definition) is 0. The summed E-state index contributed by atoms with van der Waals surface area (Å²) in [5.41, 5.74) is 0. The number of hydrogen-bond acceptors (Lipinski definition) is 2. The van der Waals surface area contributed by atoms with Gasteiger partial charge in [-0.05, 0) is 13.3 Å². The molecule has 2 heteroatoms. The zero-order valence-electron chi connectivity index (χ0n) is 5.79. The van der Waals surface area contributed by atoms with Gasteiger partial charge in [0.05, 0.1) is 24.5 Å². The average molecular weight is 125 g/mol. The molecule has 0 aromatic rings. The van der Waals surface area contributed by atoms with Gasteiger partial charge in [0.2, 0.25) is 0 Å². The Morgan fingerprint density at radius 3 is 2.89 bits per heavy atom. The molecule has 1 atom stereocenters. The van der Waals surface area contributed by atoms with E-state index in [4.69, 9.17) is 10.00 Å². The van der Waals surface area contributed by atoms with Gasteiger partial charge in [-0.3, -0.25) is 0 Å². The molecule has 50 valence electrons. The first kappa shape index (κ1) is 8.03. The minimum Gasteiger partial charge on any atom is -0.498 e. The molecule has 0 aliphatic carbocycles. The van der Waals surface area contributed by atoms with Crippen molar-refractivity contribution in [3.63, 3.8) is 0 Å². The summed E-state index contributed by atoms with van der Waals surface area (Å²) in [6.45, 7) is 3.99. The molecule has 0 aromatic heterocycles. The first-order chi connectivity index (χ1) is 4.31. The minimum atomic E-state index is 0.217. The predicted molar refractivity (Wildman–Crippen MR) is 35.6 cm³/mol. The summed E-state index contributed by atoms with van der Waals surface area (Å²) in [6.07, 6.45) is 3.94. The summed E-state index contributed by atoms with van der Waals surface area (Å²) >= 11 is 0. The largest absolute Gasteiger partial charge is 0.498 e. The maximum Gasteiger partial charge on any atom is 0.0948 e. The standard InChI is InChI=1S/C7H11NO/c1-3-7(2)9-6-4-5-8/h4,6-7H,3H2,1-2H3. The highest BCUT2D eigenvalue weighted by Crippen LogP contribution is 1.94. The molecule has 0 aromatic carbocycles. The van der Waals surface area contributed by atoms with Gasteiger partial charge >= 0.3 is 0 Å². The Morgan fingerprint density at radius 2 is 2.44 bits per heavy atom. The van der Waals surface area contributed by atoms with Crippen molar-refractivity contribution in [3.8, 4) is 6.07 Å². The normalized spacial score (nSPS) is 13.0. The van der Waals surface area contributed by atoms with Crippen LogP contribution < -0.4 is 0 Å². The molecule has 0 amide bonds. The molecule has 0 saturated carbocycles. The van der Waals surface area contributed by atoms with Gasteiger partial charge in [-0.1, -0.05) is 6.92 Å². The van der Waals surface area contributed by atoms with Gasteiger partial charge in [0.15, 0.2) is 0 Å². The highest BCUT2D eigenvalue weighted by Gasteiger charge is 1.91. The first-order valence-corrected chi connectivity index (χ1v) is 3.01. The number of nitrogens with zero attached hydrogens (tertiary/aromatic N) is 1. The van der Waals surface area contributed by atoms with Gasteiger partial charge < -0.3 is 4.74 Å². The summed E-state index contributed by atoms with van der Waals surface area (Å²) in [4.78, 5) is 0. The van der Waals surface area contributed by atoms with Crippen molar-refractivity contribution in [1.29, 1.82) is 5.26 Å². The molecule has 0 N–H and O–H groups in total. The summed E-state index contributed by atoms with van der Waals surface area (Å²) in [5, 5.41) is 8.04. The van der Waals surface area contributed by atoms with E-state index in [-0.39, 0.29) is 6.10 Å². The Morgan fingerprint density at radius 1 is 1.78 bits per heavy atom. The van der Waals surface area contributed by atoms with Crippen molar-refractivity contribution < 1.29 is 4.74 Å². The van der Waals surface area contributed by atoms with Gasteiger partial charge in [0, 0.05) is 0 Å². The zero-order valence-corrected chi connectivity index (χ0v) is 5.79. The van der Waals surface area contributed by atoms with Crippen LogP contribution >= 0.6 is 0 Å². The Balaban J connectivity index is 3.28. The van der Waals surface area contributed by atoms with Crippen LogP contribution in [0.25, 0.3) is 0 Å². The van der Waals surface area contributed by atoms with Crippen LogP contribution in [-0.2, 0) is 4.74 Å². The SMILES string of the molecule is CCC(C)OC=CC#N. The number of ether oxygens (including phenoxy) is 1. The fraction of sp³-hybridized carbons (Fsp3) is 0.571. The smallest absolute Gasteiger partial charge is 0.0948 e. The number of nitriles is 1. The molecular weight excluding hydrogens is 114 g/mol. The molecule has 0 spiro atoms. The van der Waals surface area contributed by atoms with Crippen LogP contribution in [0.4, 0.5) is 0 Å². The second kappa shape index (κ2) is 5.17. The topological polar surface area (TPSA) is 33.0 Å². The van der Waals surface area contributed by atoms with Gasteiger partial charge in [0.25, 0.3) is 0 Å². The molecule has 0 rings (SSSR count). The molecule has 0 aliphatic heterocycles. The molecule has 0 saturated heterocycles. The number of rotatable bonds is 3. The molecule has 2 nitrogen and oxygen atoms in total. The van der Waals surface area contributed by atoms with E-state index in [0.717, 1.165) is 6.42 Å². The highest BCUT2D eigenvalue weighted by molar-refractivity contribution is 4.97. The van der Waals surface area contributed by atoms with Crippen LogP contribution in [0.3, 0.4) is 0 Å². The Bertz CT molecular complexity index is 123. The third kappa shape index (κ3) is 4.89. The van der Waals surface area contributed by atoms with Gasteiger partial charge in [0.1, 0.15) is 0 Å². The second-order valence-electron chi connectivity index (χ2n) is 1.79. The van der Waals surface area contributed by atoms with E-state index >= 15 is 0 Å². The van der Waals surface area contributed by atoms with E-state index in [9.17, 15) is 0 Å².